The van der Waals surface area contributed by atoms with Crippen LogP contribution in [0.3, 0.4) is 0 Å². The van der Waals surface area contributed by atoms with Gasteiger partial charge in [-0.25, -0.2) is 4.98 Å². The number of anilines is 3. The molecule has 5 rings (SSSR count). The van der Waals surface area contributed by atoms with Crippen molar-refractivity contribution in [2.75, 3.05) is 22.9 Å². The van der Waals surface area contributed by atoms with Gasteiger partial charge >= 0.3 is 0 Å². The van der Waals surface area contributed by atoms with Gasteiger partial charge in [-0.1, -0.05) is 18.2 Å². The van der Waals surface area contributed by atoms with E-state index < -0.39 is 0 Å². The van der Waals surface area contributed by atoms with E-state index in [2.05, 4.69) is 42.0 Å². The Morgan fingerprint density at radius 3 is 2.62 bits per heavy atom. The molecule has 172 valence electrons. The third-order valence-corrected chi connectivity index (χ3v) is 6.25. The van der Waals surface area contributed by atoms with Gasteiger partial charge in [-0.15, -0.1) is 0 Å². The first kappa shape index (κ1) is 21.8. The number of hydrogen-bond acceptors (Lipinski definition) is 8. The van der Waals surface area contributed by atoms with Crippen molar-refractivity contribution >= 4 is 40.0 Å². The van der Waals surface area contributed by atoms with Gasteiger partial charge in [0.2, 0.25) is 5.95 Å². The molecule has 0 fully saturated rings. The van der Waals surface area contributed by atoms with Gasteiger partial charge in [-0.2, -0.15) is 21.3 Å². The van der Waals surface area contributed by atoms with E-state index in [4.69, 9.17) is 15.7 Å². The second kappa shape index (κ2) is 10.3. The fraction of sp³-hybridized carbons (Fsp3) is 0.200. The standard InChI is InChI=1S/C25H26N8S/c26-20-6-4-18(5-7-20)15-29-23-22-24(33(17-30-22)13-9-19-10-14-34-16-19)32-25(31-23)28-12-8-21-3-1-2-11-27-21/h1-7,10-11,14,16-17H,8-9,12-13,15,26H2,(H2,28,29,31,32). The summed E-state index contributed by atoms with van der Waals surface area (Å²) in [6, 6.07) is 15.9. The molecule has 0 aliphatic heterocycles. The molecule has 34 heavy (non-hydrogen) atoms. The Labute approximate surface area is 201 Å². The van der Waals surface area contributed by atoms with E-state index in [0.29, 0.717) is 24.9 Å². The number of nitrogen functional groups attached to an aromatic ring is 1. The highest BCUT2D eigenvalue weighted by Gasteiger charge is 2.14. The van der Waals surface area contributed by atoms with Crippen molar-refractivity contribution in [3.63, 3.8) is 0 Å². The Morgan fingerprint density at radius 1 is 0.912 bits per heavy atom. The molecular weight excluding hydrogens is 444 g/mol. The van der Waals surface area contributed by atoms with Crippen LogP contribution in [0.25, 0.3) is 11.2 Å². The van der Waals surface area contributed by atoms with E-state index in [-0.39, 0.29) is 0 Å². The summed E-state index contributed by atoms with van der Waals surface area (Å²) in [5.41, 5.74) is 11.6. The number of rotatable bonds is 10. The zero-order valence-corrected chi connectivity index (χ0v) is 19.5. The maximum absolute atomic E-state index is 5.82. The van der Waals surface area contributed by atoms with Crippen LogP contribution in [-0.2, 0) is 25.9 Å². The number of aromatic nitrogens is 5. The summed E-state index contributed by atoms with van der Waals surface area (Å²) in [5.74, 6) is 1.27. The van der Waals surface area contributed by atoms with Crippen LogP contribution >= 0.6 is 11.3 Å². The van der Waals surface area contributed by atoms with E-state index in [9.17, 15) is 0 Å². The van der Waals surface area contributed by atoms with Crippen molar-refractivity contribution in [3.8, 4) is 0 Å². The average Bonchev–Trinajstić information content (AvgIpc) is 3.53. The Balaban J connectivity index is 1.37. The molecule has 0 amide bonds. The molecule has 4 heterocycles. The number of pyridine rings is 1. The molecule has 0 bridgehead atoms. The maximum atomic E-state index is 5.82. The first-order valence-electron chi connectivity index (χ1n) is 11.2. The van der Waals surface area contributed by atoms with Crippen LogP contribution in [0.2, 0.25) is 0 Å². The molecule has 0 aliphatic carbocycles. The van der Waals surface area contributed by atoms with Crippen molar-refractivity contribution in [2.24, 2.45) is 0 Å². The number of imidazole rings is 1. The highest BCUT2D eigenvalue weighted by molar-refractivity contribution is 7.07. The third kappa shape index (κ3) is 5.32. The number of thiophene rings is 1. The Hall–Kier alpha value is -3.98. The lowest BCUT2D eigenvalue weighted by molar-refractivity contribution is 0.710. The van der Waals surface area contributed by atoms with E-state index in [1.165, 1.54) is 5.56 Å². The minimum atomic E-state index is 0.570. The molecule has 5 aromatic rings. The average molecular weight is 471 g/mol. The van der Waals surface area contributed by atoms with Crippen LogP contribution in [-0.4, -0.2) is 31.0 Å². The van der Waals surface area contributed by atoms with E-state index in [0.717, 1.165) is 47.5 Å². The topological polar surface area (TPSA) is 107 Å². The minimum absolute atomic E-state index is 0.570. The molecule has 0 saturated heterocycles. The van der Waals surface area contributed by atoms with E-state index >= 15 is 0 Å². The molecule has 8 nitrogen and oxygen atoms in total. The van der Waals surface area contributed by atoms with Gasteiger partial charge < -0.3 is 20.9 Å². The number of nitrogens with zero attached hydrogens (tertiary/aromatic N) is 5. The molecule has 0 saturated carbocycles. The zero-order chi connectivity index (χ0) is 23.2. The van der Waals surface area contributed by atoms with Crippen LogP contribution in [0.1, 0.15) is 16.8 Å². The molecule has 1 aromatic carbocycles. The molecular formula is C25H26N8S. The molecule has 4 N–H and O–H groups in total. The Bertz CT molecular complexity index is 1330. The SMILES string of the molecule is Nc1ccc(CNc2nc(NCCc3ccccn3)nc3c2ncn3CCc2ccsc2)cc1. The third-order valence-electron chi connectivity index (χ3n) is 5.52. The molecule has 0 radical (unpaired) electrons. The lowest BCUT2D eigenvalue weighted by Crippen LogP contribution is -2.12. The van der Waals surface area contributed by atoms with Crippen LogP contribution in [0.4, 0.5) is 17.5 Å². The van der Waals surface area contributed by atoms with Crippen LogP contribution < -0.4 is 16.4 Å². The van der Waals surface area contributed by atoms with Crippen molar-refractivity contribution in [2.45, 2.75) is 25.9 Å². The predicted octanol–water partition coefficient (Wildman–Crippen LogP) is 4.37. The first-order chi connectivity index (χ1) is 16.7. The molecule has 9 heteroatoms. The summed E-state index contributed by atoms with van der Waals surface area (Å²) >= 11 is 1.71. The van der Waals surface area contributed by atoms with Crippen molar-refractivity contribution < 1.29 is 0 Å². The number of nitrogens with one attached hydrogen (secondary N) is 2. The fourth-order valence-corrected chi connectivity index (χ4v) is 4.37. The second-order valence-electron chi connectivity index (χ2n) is 7.98. The lowest BCUT2D eigenvalue weighted by Gasteiger charge is -2.11. The van der Waals surface area contributed by atoms with Crippen LogP contribution in [0, 0.1) is 0 Å². The molecule has 0 spiro atoms. The van der Waals surface area contributed by atoms with Crippen LogP contribution in [0.15, 0.2) is 71.8 Å². The van der Waals surface area contributed by atoms with Crippen LogP contribution in [0.5, 0.6) is 0 Å². The van der Waals surface area contributed by atoms with Crippen molar-refractivity contribution in [3.05, 3.63) is 88.6 Å². The maximum Gasteiger partial charge on any atom is 0.226 e. The summed E-state index contributed by atoms with van der Waals surface area (Å²) in [4.78, 5) is 18.6. The molecule has 4 aromatic heterocycles. The molecule has 0 atom stereocenters. The van der Waals surface area contributed by atoms with Crippen molar-refractivity contribution in [1.29, 1.82) is 0 Å². The van der Waals surface area contributed by atoms with E-state index in [1.807, 2.05) is 55.0 Å². The van der Waals surface area contributed by atoms with Gasteiger partial charge in [0.05, 0.1) is 6.33 Å². The monoisotopic (exact) mass is 470 g/mol. The summed E-state index contributed by atoms with van der Waals surface area (Å²) in [7, 11) is 0. The van der Waals surface area contributed by atoms with Gasteiger partial charge in [0.1, 0.15) is 0 Å². The smallest absolute Gasteiger partial charge is 0.226 e. The van der Waals surface area contributed by atoms with Gasteiger partial charge in [0.25, 0.3) is 0 Å². The minimum Gasteiger partial charge on any atom is -0.399 e. The second-order valence-corrected chi connectivity index (χ2v) is 8.76. The lowest BCUT2D eigenvalue weighted by atomic mass is 10.2. The Kier molecular flexibility index (Phi) is 6.62. The number of hydrogen-bond donors (Lipinski definition) is 3. The summed E-state index contributed by atoms with van der Waals surface area (Å²) < 4.78 is 2.09. The highest BCUT2D eigenvalue weighted by Crippen LogP contribution is 2.22. The summed E-state index contributed by atoms with van der Waals surface area (Å²) in [5, 5.41) is 11.1. The molecule has 0 unspecified atom stereocenters. The summed E-state index contributed by atoms with van der Waals surface area (Å²) in [6.45, 7) is 2.10. The largest absolute Gasteiger partial charge is 0.399 e. The number of benzene rings is 1. The van der Waals surface area contributed by atoms with Gasteiger partial charge in [-0.3, -0.25) is 4.98 Å². The van der Waals surface area contributed by atoms with Gasteiger partial charge in [-0.05, 0) is 58.6 Å². The van der Waals surface area contributed by atoms with Gasteiger partial charge in [0, 0.05) is 43.6 Å². The molecule has 0 aliphatic rings. The summed E-state index contributed by atoms with van der Waals surface area (Å²) in [6.07, 6.45) is 5.37. The number of aryl methyl sites for hydroxylation is 2. The first-order valence-corrected chi connectivity index (χ1v) is 12.1. The number of nitrogens with two attached hydrogens (primary N) is 1. The Morgan fingerprint density at radius 2 is 1.82 bits per heavy atom. The highest BCUT2D eigenvalue weighted by atomic mass is 32.1. The van der Waals surface area contributed by atoms with Gasteiger partial charge in [0.15, 0.2) is 17.0 Å². The predicted molar refractivity (Wildman–Crippen MR) is 138 cm³/mol. The number of fused-ring (bicyclic) bond motifs is 1. The van der Waals surface area contributed by atoms with E-state index in [1.54, 1.807) is 11.3 Å². The van der Waals surface area contributed by atoms with Crippen molar-refractivity contribution in [1.82, 2.24) is 24.5 Å². The zero-order valence-electron chi connectivity index (χ0n) is 18.7. The quantitative estimate of drug-likeness (QED) is 0.260. The normalized spacial score (nSPS) is 11.1. The fourth-order valence-electron chi connectivity index (χ4n) is 3.66.